The van der Waals surface area contributed by atoms with Crippen LogP contribution in [0.4, 0.5) is 0 Å². The second-order valence-corrected chi connectivity index (χ2v) is 4.82. The number of nitrogens with two attached hydrogens (primary N) is 1. The number of thiazole rings is 1. The first-order valence-corrected chi connectivity index (χ1v) is 6.83. The average Bonchev–Trinajstić information content (AvgIpc) is 2.96. The molecule has 7 heteroatoms. The fourth-order valence-electron chi connectivity index (χ4n) is 1.53. The molecular formula is C13H15N3O3S. The lowest BCUT2D eigenvalue weighted by Crippen LogP contribution is -2.30. The summed E-state index contributed by atoms with van der Waals surface area (Å²) in [7, 11) is 1.62. The molecule has 1 heterocycles. The maximum absolute atomic E-state index is 11.2. The Bertz CT molecular complexity index is 568. The van der Waals surface area contributed by atoms with Gasteiger partial charge in [0.15, 0.2) is 0 Å². The van der Waals surface area contributed by atoms with Crippen LogP contribution in [0.5, 0.6) is 11.5 Å². The molecule has 2 rings (SSSR count). The molecule has 0 bridgehead atoms. The van der Waals surface area contributed by atoms with E-state index in [9.17, 15) is 4.79 Å². The Labute approximate surface area is 120 Å². The number of hydrogen-bond acceptors (Lipinski definition) is 6. The third-order valence-electron chi connectivity index (χ3n) is 2.56. The van der Waals surface area contributed by atoms with Gasteiger partial charge in [0, 0.05) is 11.8 Å². The highest BCUT2D eigenvalue weighted by Gasteiger charge is 2.08. The van der Waals surface area contributed by atoms with Crippen molar-refractivity contribution in [3.05, 3.63) is 40.3 Å². The van der Waals surface area contributed by atoms with Crippen LogP contribution in [0.15, 0.2) is 29.6 Å². The van der Waals surface area contributed by atoms with E-state index in [1.807, 2.05) is 29.7 Å². The van der Waals surface area contributed by atoms with Crippen LogP contribution in [0.2, 0.25) is 0 Å². The number of hydrazine groups is 1. The van der Waals surface area contributed by atoms with Crippen LogP contribution >= 0.6 is 11.3 Å². The van der Waals surface area contributed by atoms with Crippen LogP contribution in [-0.2, 0) is 6.42 Å². The van der Waals surface area contributed by atoms with Crippen molar-refractivity contribution < 1.29 is 14.3 Å². The lowest BCUT2D eigenvalue weighted by atomic mass is 10.3. The van der Waals surface area contributed by atoms with Gasteiger partial charge >= 0.3 is 0 Å². The largest absolute Gasteiger partial charge is 0.497 e. The van der Waals surface area contributed by atoms with Gasteiger partial charge in [-0.05, 0) is 24.3 Å². The molecule has 0 radical (unpaired) electrons. The first-order valence-electron chi connectivity index (χ1n) is 5.95. The molecule has 3 N–H and O–H groups in total. The molecule has 0 aliphatic rings. The normalized spacial score (nSPS) is 10.1. The Morgan fingerprint density at radius 2 is 2.05 bits per heavy atom. The molecule has 1 aromatic carbocycles. The molecular weight excluding hydrogens is 278 g/mol. The number of nitrogens with zero attached hydrogens (tertiary/aromatic N) is 1. The van der Waals surface area contributed by atoms with E-state index in [-0.39, 0.29) is 5.91 Å². The fourth-order valence-corrected chi connectivity index (χ4v) is 2.29. The molecule has 0 fully saturated rings. The van der Waals surface area contributed by atoms with Crippen LogP contribution in [-0.4, -0.2) is 24.6 Å². The third kappa shape index (κ3) is 3.69. The lowest BCUT2D eigenvalue weighted by molar-refractivity contribution is 0.0949. The summed E-state index contributed by atoms with van der Waals surface area (Å²) in [6.07, 6.45) is 0.633. The topological polar surface area (TPSA) is 86.5 Å². The summed E-state index contributed by atoms with van der Waals surface area (Å²) >= 11 is 1.41. The van der Waals surface area contributed by atoms with E-state index >= 15 is 0 Å². The van der Waals surface area contributed by atoms with Crippen molar-refractivity contribution in [2.45, 2.75) is 6.42 Å². The van der Waals surface area contributed by atoms with Crippen LogP contribution < -0.4 is 20.7 Å². The number of ether oxygens (including phenoxy) is 2. The maximum Gasteiger partial charge on any atom is 0.284 e. The lowest BCUT2D eigenvalue weighted by Gasteiger charge is -2.05. The minimum absolute atomic E-state index is 0.331. The fraction of sp³-hybridized carbons (Fsp3) is 0.231. The predicted octanol–water partition coefficient (Wildman–Crippen LogP) is 1.38. The second-order valence-electron chi connectivity index (χ2n) is 3.87. The Balaban J connectivity index is 1.83. The van der Waals surface area contributed by atoms with E-state index in [4.69, 9.17) is 15.3 Å². The molecule has 0 aliphatic heterocycles. The number of benzene rings is 1. The number of amides is 1. The van der Waals surface area contributed by atoms with Crippen LogP contribution in [0, 0.1) is 0 Å². The highest BCUT2D eigenvalue weighted by molar-refractivity contribution is 7.09. The van der Waals surface area contributed by atoms with Gasteiger partial charge < -0.3 is 9.47 Å². The van der Waals surface area contributed by atoms with Crippen molar-refractivity contribution in [2.75, 3.05) is 13.7 Å². The third-order valence-corrected chi connectivity index (χ3v) is 3.47. The standard InChI is InChI=1S/C13H15N3O3S/c1-18-9-2-4-10(5-3-9)19-7-6-12-15-11(8-20-12)13(17)16-14/h2-5,8H,6-7,14H2,1H3,(H,16,17). The van der Waals surface area contributed by atoms with Crippen molar-refractivity contribution in [3.63, 3.8) is 0 Å². The van der Waals surface area contributed by atoms with Gasteiger partial charge in [0.1, 0.15) is 17.2 Å². The number of methoxy groups -OCH3 is 1. The zero-order chi connectivity index (χ0) is 14.4. The summed E-state index contributed by atoms with van der Waals surface area (Å²) in [6, 6.07) is 7.35. The number of carbonyl (C=O) groups is 1. The zero-order valence-corrected chi connectivity index (χ0v) is 11.8. The maximum atomic E-state index is 11.2. The molecule has 0 unspecified atom stereocenters. The van der Waals surface area contributed by atoms with Gasteiger partial charge in [-0.2, -0.15) is 0 Å². The molecule has 1 aromatic heterocycles. The van der Waals surface area contributed by atoms with Crippen molar-refractivity contribution in [1.82, 2.24) is 10.4 Å². The second kappa shape index (κ2) is 6.88. The molecule has 106 valence electrons. The summed E-state index contributed by atoms with van der Waals surface area (Å²) in [6.45, 7) is 0.490. The van der Waals surface area contributed by atoms with E-state index in [1.54, 1.807) is 12.5 Å². The highest BCUT2D eigenvalue weighted by Crippen LogP contribution is 2.17. The average molecular weight is 293 g/mol. The van der Waals surface area contributed by atoms with E-state index < -0.39 is 0 Å². The van der Waals surface area contributed by atoms with Gasteiger partial charge in [0.05, 0.1) is 18.7 Å². The van der Waals surface area contributed by atoms with Crippen molar-refractivity contribution in [1.29, 1.82) is 0 Å². The van der Waals surface area contributed by atoms with E-state index in [2.05, 4.69) is 4.98 Å². The number of carbonyl (C=O) groups excluding carboxylic acids is 1. The Hall–Kier alpha value is -2.12. The van der Waals surface area contributed by atoms with E-state index in [0.717, 1.165) is 16.5 Å². The summed E-state index contributed by atoms with van der Waals surface area (Å²) in [4.78, 5) is 15.4. The number of rotatable bonds is 6. The smallest absolute Gasteiger partial charge is 0.284 e. The van der Waals surface area contributed by atoms with Gasteiger partial charge in [-0.1, -0.05) is 0 Å². The molecule has 2 aromatic rings. The van der Waals surface area contributed by atoms with E-state index in [1.165, 1.54) is 11.3 Å². The molecule has 0 saturated carbocycles. The van der Waals surface area contributed by atoms with Gasteiger partial charge in [-0.3, -0.25) is 10.2 Å². The molecule has 1 amide bonds. The molecule has 0 atom stereocenters. The Kier molecular flexibility index (Phi) is 4.91. The van der Waals surface area contributed by atoms with Gasteiger partial charge in [0.25, 0.3) is 5.91 Å². The van der Waals surface area contributed by atoms with Crippen molar-refractivity contribution >= 4 is 17.2 Å². The van der Waals surface area contributed by atoms with Crippen LogP contribution in [0.25, 0.3) is 0 Å². The van der Waals surface area contributed by atoms with E-state index in [0.29, 0.717) is 18.7 Å². The predicted molar refractivity (Wildman–Crippen MR) is 76.0 cm³/mol. The SMILES string of the molecule is COc1ccc(OCCc2nc(C(=O)NN)cs2)cc1. The van der Waals surface area contributed by atoms with Gasteiger partial charge in [-0.15, -0.1) is 11.3 Å². The van der Waals surface area contributed by atoms with Gasteiger partial charge in [0.2, 0.25) is 0 Å². The minimum atomic E-state index is -0.386. The number of nitrogen functional groups attached to an aromatic ring is 1. The quantitative estimate of drug-likeness (QED) is 0.477. The Morgan fingerprint density at radius 1 is 1.35 bits per heavy atom. The monoisotopic (exact) mass is 293 g/mol. The zero-order valence-electron chi connectivity index (χ0n) is 11.0. The molecule has 0 saturated heterocycles. The number of aromatic nitrogens is 1. The molecule has 0 aliphatic carbocycles. The number of nitrogens with one attached hydrogen (secondary N) is 1. The van der Waals surface area contributed by atoms with Crippen molar-refractivity contribution in [2.24, 2.45) is 5.84 Å². The minimum Gasteiger partial charge on any atom is -0.497 e. The van der Waals surface area contributed by atoms with Crippen LogP contribution in [0.1, 0.15) is 15.5 Å². The first kappa shape index (κ1) is 14.3. The Morgan fingerprint density at radius 3 is 2.70 bits per heavy atom. The summed E-state index contributed by atoms with van der Waals surface area (Å²) < 4.78 is 10.7. The first-order chi connectivity index (χ1) is 9.72. The molecule has 20 heavy (non-hydrogen) atoms. The van der Waals surface area contributed by atoms with Crippen molar-refractivity contribution in [3.8, 4) is 11.5 Å². The summed E-state index contributed by atoms with van der Waals surface area (Å²) in [5.74, 6) is 6.21. The highest BCUT2D eigenvalue weighted by atomic mass is 32.1. The molecule has 6 nitrogen and oxygen atoms in total. The molecule has 0 spiro atoms. The number of hydrogen-bond donors (Lipinski definition) is 2. The summed E-state index contributed by atoms with van der Waals surface area (Å²) in [5.41, 5.74) is 2.38. The van der Waals surface area contributed by atoms with Crippen LogP contribution in [0.3, 0.4) is 0 Å². The van der Waals surface area contributed by atoms with Gasteiger partial charge in [-0.25, -0.2) is 10.8 Å². The summed E-state index contributed by atoms with van der Waals surface area (Å²) in [5, 5.41) is 2.50.